The molecule has 0 aliphatic rings. The van der Waals surface area contributed by atoms with Crippen LogP contribution in [0.25, 0.3) is 10.9 Å². The standard InChI is InChI=1S/C16H11ClF3N3O2/c1-25-14-6-12-9(5-13(14)24)15(22-7-21-12)23-8-2-3-10(11(17)4-8)16(18,19)20/h2-7,24H,1H3,(H,21,22,23). The van der Waals surface area contributed by atoms with E-state index >= 15 is 0 Å². The Morgan fingerprint density at radius 1 is 1.16 bits per heavy atom. The van der Waals surface area contributed by atoms with Crippen LogP contribution in [-0.2, 0) is 6.18 Å². The number of phenolic OH excluding ortho intramolecular Hbond substituents is 1. The number of hydrogen-bond acceptors (Lipinski definition) is 5. The number of aromatic hydroxyl groups is 1. The summed E-state index contributed by atoms with van der Waals surface area (Å²) in [6, 6.07) is 6.21. The number of ether oxygens (including phenoxy) is 1. The van der Waals surface area contributed by atoms with Crippen molar-refractivity contribution in [3.63, 3.8) is 0 Å². The summed E-state index contributed by atoms with van der Waals surface area (Å²) in [4.78, 5) is 8.14. The number of nitrogens with one attached hydrogen (secondary N) is 1. The molecule has 3 aromatic rings. The van der Waals surface area contributed by atoms with Crippen LogP contribution >= 0.6 is 11.6 Å². The van der Waals surface area contributed by atoms with E-state index in [9.17, 15) is 18.3 Å². The van der Waals surface area contributed by atoms with Gasteiger partial charge in [-0.1, -0.05) is 11.6 Å². The van der Waals surface area contributed by atoms with Crippen LogP contribution < -0.4 is 10.1 Å². The van der Waals surface area contributed by atoms with Crippen LogP contribution in [0.15, 0.2) is 36.7 Å². The zero-order valence-corrected chi connectivity index (χ0v) is 13.5. The number of methoxy groups -OCH3 is 1. The lowest BCUT2D eigenvalue weighted by atomic mass is 10.1. The molecule has 1 heterocycles. The van der Waals surface area contributed by atoms with Gasteiger partial charge in [-0.05, 0) is 24.3 Å². The lowest BCUT2D eigenvalue weighted by Crippen LogP contribution is -2.06. The van der Waals surface area contributed by atoms with E-state index < -0.39 is 16.8 Å². The number of benzene rings is 2. The van der Waals surface area contributed by atoms with E-state index in [2.05, 4.69) is 15.3 Å². The lowest BCUT2D eigenvalue weighted by molar-refractivity contribution is -0.137. The Hall–Kier alpha value is -2.74. The largest absolute Gasteiger partial charge is 0.504 e. The van der Waals surface area contributed by atoms with E-state index in [0.717, 1.165) is 12.1 Å². The fourth-order valence-electron chi connectivity index (χ4n) is 2.30. The average molecular weight is 370 g/mol. The fourth-order valence-corrected chi connectivity index (χ4v) is 2.58. The number of aromatic nitrogens is 2. The first-order chi connectivity index (χ1) is 11.8. The Morgan fingerprint density at radius 2 is 1.92 bits per heavy atom. The maximum absolute atomic E-state index is 12.8. The number of fused-ring (bicyclic) bond motifs is 1. The van der Waals surface area contributed by atoms with Crippen LogP contribution in [0.5, 0.6) is 11.5 Å². The molecule has 0 aliphatic heterocycles. The summed E-state index contributed by atoms with van der Waals surface area (Å²) in [5, 5.41) is 12.8. The molecule has 9 heteroatoms. The topological polar surface area (TPSA) is 67.3 Å². The van der Waals surface area contributed by atoms with Crippen LogP contribution in [0.3, 0.4) is 0 Å². The van der Waals surface area contributed by atoms with E-state index in [1.165, 1.54) is 31.6 Å². The number of alkyl halides is 3. The van der Waals surface area contributed by atoms with Gasteiger partial charge in [0.2, 0.25) is 0 Å². The molecule has 25 heavy (non-hydrogen) atoms. The van der Waals surface area contributed by atoms with Gasteiger partial charge in [-0.15, -0.1) is 0 Å². The first-order valence-electron chi connectivity index (χ1n) is 6.95. The van der Waals surface area contributed by atoms with Crippen molar-refractivity contribution in [2.24, 2.45) is 0 Å². The Labute approximate surface area is 145 Å². The van der Waals surface area contributed by atoms with Crippen LogP contribution in [0.4, 0.5) is 24.7 Å². The summed E-state index contributed by atoms with van der Waals surface area (Å²) in [7, 11) is 1.41. The molecule has 1 aromatic heterocycles. The number of hydrogen-bond donors (Lipinski definition) is 2. The van der Waals surface area contributed by atoms with Crippen molar-refractivity contribution in [2.75, 3.05) is 12.4 Å². The van der Waals surface area contributed by atoms with Gasteiger partial charge in [-0.2, -0.15) is 13.2 Å². The van der Waals surface area contributed by atoms with E-state index in [4.69, 9.17) is 16.3 Å². The van der Waals surface area contributed by atoms with Gasteiger partial charge < -0.3 is 15.2 Å². The van der Waals surface area contributed by atoms with Gasteiger partial charge in [0.1, 0.15) is 12.1 Å². The molecular weight excluding hydrogens is 359 g/mol. The van der Waals surface area contributed by atoms with Crippen LogP contribution in [0.1, 0.15) is 5.56 Å². The third-order valence-electron chi connectivity index (χ3n) is 3.47. The third-order valence-corrected chi connectivity index (χ3v) is 3.79. The lowest BCUT2D eigenvalue weighted by Gasteiger charge is -2.13. The van der Waals surface area contributed by atoms with Gasteiger partial charge in [0.15, 0.2) is 11.5 Å². The molecule has 130 valence electrons. The summed E-state index contributed by atoms with van der Waals surface area (Å²) in [6.45, 7) is 0. The molecule has 0 amide bonds. The average Bonchev–Trinajstić information content (AvgIpc) is 2.54. The van der Waals surface area contributed by atoms with Gasteiger partial charge >= 0.3 is 6.18 Å². The predicted octanol–water partition coefficient (Wildman–Crippen LogP) is 4.76. The van der Waals surface area contributed by atoms with Gasteiger partial charge in [0.05, 0.1) is 23.2 Å². The van der Waals surface area contributed by atoms with Crippen molar-refractivity contribution in [2.45, 2.75) is 6.18 Å². The summed E-state index contributed by atoms with van der Waals surface area (Å²) < 4.78 is 43.3. The molecule has 0 bridgehead atoms. The van der Waals surface area contributed by atoms with Crippen molar-refractivity contribution < 1.29 is 23.0 Å². The Bertz CT molecular complexity index is 948. The van der Waals surface area contributed by atoms with Crippen LogP contribution in [0.2, 0.25) is 5.02 Å². The number of halogens is 4. The van der Waals surface area contributed by atoms with Crippen molar-refractivity contribution >= 4 is 34.0 Å². The number of rotatable bonds is 3. The molecule has 2 aromatic carbocycles. The first-order valence-corrected chi connectivity index (χ1v) is 7.33. The third kappa shape index (κ3) is 3.39. The van der Waals surface area contributed by atoms with E-state index in [0.29, 0.717) is 22.4 Å². The summed E-state index contributed by atoms with van der Waals surface area (Å²) >= 11 is 5.71. The minimum atomic E-state index is -4.53. The molecule has 0 unspecified atom stereocenters. The van der Waals surface area contributed by atoms with Crippen molar-refractivity contribution in [1.29, 1.82) is 0 Å². The first kappa shape index (κ1) is 17.1. The maximum atomic E-state index is 12.8. The second-order valence-electron chi connectivity index (χ2n) is 5.08. The highest BCUT2D eigenvalue weighted by molar-refractivity contribution is 6.31. The summed E-state index contributed by atoms with van der Waals surface area (Å²) in [5.41, 5.74) is -0.117. The SMILES string of the molecule is COc1cc2ncnc(Nc3ccc(C(F)(F)F)c(Cl)c3)c2cc1O. The Kier molecular flexibility index (Phi) is 4.30. The summed E-state index contributed by atoms with van der Waals surface area (Å²) in [6.07, 6.45) is -3.24. The molecule has 0 saturated heterocycles. The molecule has 0 spiro atoms. The second kappa shape index (κ2) is 6.29. The number of phenols is 1. The molecule has 2 N–H and O–H groups in total. The molecule has 5 nitrogen and oxygen atoms in total. The van der Waals surface area contributed by atoms with Crippen molar-refractivity contribution in [3.05, 3.63) is 47.2 Å². The number of nitrogens with zero attached hydrogens (tertiary/aromatic N) is 2. The zero-order chi connectivity index (χ0) is 18.2. The second-order valence-corrected chi connectivity index (χ2v) is 5.49. The predicted molar refractivity (Wildman–Crippen MR) is 87.5 cm³/mol. The Morgan fingerprint density at radius 3 is 2.56 bits per heavy atom. The van der Waals surface area contributed by atoms with Crippen LogP contribution in [0, 0.1) is 0 Å². The highest BCUT2D eigenvalue weighted by Crippen LogP contribution is 2.37. The van der Waals surface area contributed by atoms with E-state index in [1.807, 2.05) is 0 Å². The molecule has 0 fully saturated rings. The zero-order valence-electron chi connectivity index (χ0n) is 12.7. The fraction of sp³-hybridized carbons (Fsp3) is 0.125. The highest BCUT2D eigenvalue weighted by atomic mass is 35.5. The quantitative estimate of drug-likeness (QED) is 0.696. The number of anilines is 2. The molecule has 0 atom stereocenters. The van der Waals surface area contributed by atoms with Crippen molar-refractivity contribution in [3.8, 4) is 11.5 Å². The Balaban J connectivity index is 2.01. The normalized spacial score (nSPS) is 11.6. The maximum Gasteiger partial charge on any atom is 0.417 e. The molecule has 3 rings (SSSR count). The molecule has 0 radical (unpaired) electrons. The van der Waals surface area contributed by atoms with E-state index in [-0.39, 0.29) is 11.5 Å². The minimum Gasteiger partial charge on any atom is -0.504 e. The molecule has 0 aliphatic carbocycles. The van der Waals surface area contributed by atoms with Gasteiger partial charge in [0, 0.05) is 17.1 Å². The van der Waals surface area contributed by atoms with E-state index in [1.54, 1.807) is 0 Å². The van der Waals surface area contributed by atoms with Gasteiger partial charge in [-0.3, -0.25) is 0 Å². The monoisotopic (exact) mass is 369 g/mol. The summed E-state index contributed by atoms with van der Waals surface area (Å²) in [5.74, 6) is 0.437. The highest BCUT2D eigenvalue weighted by Gasteiger charge is 2.33. The molecule has 0 saturated carbocycles. The minimum absolute atomic E-state index is 0.113. The smallest absolute Gasteiger partial charge is 0.417 e. The van der Waals surface area contributed by atoms with Crippen LogP contribution in [-0.4, -0.2) is 22.2 Å². The van der Waals surface area contributed by atoms with Gasteiger partial charge in [0.25, 0.3) is 0 Å². The van der Waals surface area contributed by atoms with Gasteiger partial charge in [-0.25, -0.2) is 9.97 Å². The van der Waals surface area contributed by atoms with Crippen molar-refractivity contribution in [1.82, 2.24) is 9.97 Å². The molecular formula is C16H11ClF3N3O2.